The van der Waals surface area contributed by atoms with Crippen molar-refractivity contribution in [1.29, 1.82) is 0 Å². The zero-order chi connectivity index (χ0) is 35.7. The lowest BCUT2D eigenvalue weighted by atomic mass is 10.0. The molecule has 0 aliphatic carbocycles. The molecule has 0 atom stereocenters. The predicted molar refractivity (Wildman–Crippen MR) is 169 cm³/mol. The Morgan fingerprint density at radius 1 is 0.625 bits per heavy atom. The molecule has 48 heavy (non-hydrogen) atoms. The highest BCUT2D eigenvalue weighted by molar-refractivity contribution is 7.87. The van der Waals surface area contributed by atoms with Crippen molar-refractivity contribution in [3.63, 3.8) is 0 Å². The van der Waals surface area contributed by atoms with Crippen LogP contribution < -0.4 is 0 Å². The zero-order valence-electron chi connectivity index (χ0n) is 25.4. The second-order valence-corrected chi connectivity index (χ2v) is 17.1. The van der Waals surface area contributed by atoms with E-state index in [-0.39, 0.29) is 40.5 Å². The van der Waals surface area contributed by atoms with Gasteiger partial charge in [0.15, 0.2) is 21.0 Å². The molecule has 0 amide bonds. The fourth-order valence-electron chi connectivity index (χ4n) is 5.14. The average Bonchev–Trinajstić information content (AvgIpc) is 3.56. The van der Waals surface area contributed by atoms with Gasteiger partial charge < -0.3 is 8.83 Å². The first kappa shape index (κ1) is 35.5. The van der Waals surface area contributed by atoms with E-state index >= 15 is 0 Å². The molecule has 0 spiro atoms. The van der Waals surface area contributed by atoms with Crippen molar-refractivity contribution in [2.45, 2.75) is 66.0 Å². The minimum atomic E-state index is -5.36. The van der Waals surface area contributed by atoms with Gasteiger partial charge in [0.25, 0.3) is 20.2 Å². The molecule has 2 aromatic heterocycles. The van der Waals surface area contributed by atoms with E-state index in [9.17, 15) is 51.9 Å². The van der Waals surface area contributed by atoms with Crippen LogP contribution in [0.15, 0.2) is 64.8 Å². The van der Waals surface area contributed by atoms with Crippen LogP contribution in [0.5, 0.6) is 0 Å². The number of aryl methyl sites for hydroxylation is 1. The molecule has 0 bridgehead atoms. The number of benzene rings is 3. The van der Waals surface area contributed by atoms with Gasteiger partial charge >= 0.3 is 20.2 Å². The third-order valence-corrected chi connectivity index (χ3v) is 11.0. The summed E-state index contributed by atoms with van der Waals surface area (Å²) in [5.41, 5.74) is -3.45. The lowest BCUT2D eigenvalue weighted by Gasteiger charge is -2.11. The monoisotopic (exact) mass is 744 g/mol. The maximum absolute atomic E-state index is 12.7. The van der Waals surface area contributed by atoms with Gasteiger partial charge in [0.1, 0.15) is 11.0 Å². The normalized spacial score (nSPS) is 13.4. The number of oxazole rings is 2. The molecule has 0 aliphatic heterocycles. The molecule has 0 saturated heterocycles. The average molecular weight is 745 g/mol. The van der Waals surface area contributed by atoms with Crippen LogP contribution in [-0.2, 0) is 46.9 Å². The number of aromatic nitrogens is 2. The van der Waals surface area contributed by atoms with Crippen molar-refractivity contribution >= 4 is 62.7 Å². The van der Waals surface area contributed by atoms with Crippen LogP contribution in [0.25, 0.3) is 45.1 Å². The molecule has 0 radical (unpaired) electrons. The minimum Gasteiger partial charge on any atom is -0.434 e. The second kappa shape index (κ2) is 12.0. The van der Waals surface area contributed by atoms with E-state index in [0.717, 1.165) is 12.1 Å². The van der Waals surface area contributed by atoms with E-state index in [1.807, 2.05) is 13.8 Å². The van der Waals surface area contributed by atoms with Gasteiger partial charge in [-0.2, -0.15) is 33.7 Å². The van der Waals surface area contributed by atoms with E-state index in [2.05, 4.69) is 9.97 Å². The third-order valence-electron chi connectivity index (χ3n) is 7.36. The smallest absolute Gasteiger partial charge is 0.300 e. The van der Waals surface area contributed by atoms with E-state index in [1.54, 1.807) is 13.8 Å². The summed E-state index contributed by atoms with van der Waals surface area (Å²) >= 11 is 0. The van der Waals surface area contributed by atoms with Crippen molar-refractivity contribution in [3.05, 3.63) is 47.5 Å². The largest absolute Gasteiger partial charge is 0.434 e. The van der Waals surface area contributed by atoms with Crippen molar-refractivity contribution in [1.82, 2.24) is 9.97 Å². The van der Waals surface area contributed by atoms with E-state index < -0.39 is 94.0 Å². The van der Waals surface area contributed by atoms with E-state index in [1.165, 1.54) is 24.3 Å². The maximum atomic E-state index is 12.7. The summed E-state index contributed by atoms with van der Waals surface area (Å²) in [5, 5.41) is 0. The van der Waals surface area contributed by atoms with Crippen molar-refractivity contribution in [3.8, 4) is 22.9 Å². The van der Waals surface area contributed by atoms with Crippen LogP contribution in [0, 0.1) is 5.92 Å². The standard InChI is InChI=1S/C28H28N2O14S4/c1-13(2)5-6-15-7-8-16(11-19(15)45(31,32)33)27-29-21-23(43-27)26(48(40,41)42)22-24(25(21)47(37,38)39)44-28(30-22)17-9-10-18(14(3)4)20(12-17)46(34,35)36/h7-14H,5-6H2,1-4H3,(H,31,32,33)(H,34,35,36)(H,37,38,39)(H,40,41,42). The quantitative estimate of drug-likeness (QED) is 0.137. The van der Waals surface area contributed by atoms with Crippen molar-refractivity contribution in [2.24, 2.45) is 5.92 Å². The number of hydrogen-bond acceptors (Lipinski definition) is 12. The second-order valence-electron chi connectivity index (χ2n) is 11.6. The van der Waals surface area contributed by atoms with Gasteiger partial charge in [-0.1, -0.05) is 39.8 Å². The molecule has 3 aromatic carbocycles. The Morgan fingerprint density at radius 2 is 1.06 bits per heavy atom. The van der Waals surface area contributed by atoms with Crippen molar-refractivity contribution < 1.29 is 60.7 Å². The Balaban J connectivity index is 1.83. The van der Waals surface area contributed by atoms with Gasteiger partial charge in [-0.3, -0.25) is 18.2 Å². The molecular weight excluding hydrogens is 717 g/mol. The summed E-state index contributed by atoms with van der Waals surface area (Å²) in [4.78, 5) is 4.64. The molecule has 5 aromatic rings. The van der Waals surface area contributed by atoms with Crippen molar-refractivity contribution in [2.75, 3.05) is 0 Å². The fourth-order valence-corrected chi connectivity index (χ4v) is 8.31. The molecule has 16 nitrogen and oxygen atoms in total. The number of rotatable bonds is 10. The van der Waals surface area contributed by atoms with Gasteiger partial charge in [-0.25, -0.2) is 9.97 Å². The number of nitrogens with zero attached hydrogens (tertiary/aromatic N) is 2. The van der Waals surface area contributed by atoms with Crippen LogP contribution in [0.1, 0.15) is 51.2 Å². The summed E-state index contributed by atoms with van der Waals surface area (Å²) in [6, 6.07) is 7.22. The van der Waals surface area contributed by atoms with Crippen LogP contribution in [-0.4, -0.2) is 61.9 Å². The summed E-state index contributed by atoms with van der Waals surface area (Å²) < 4.78 is 151. The summed E-state index contributed by atoms with van der Waals surface area (Å²) in [7, 11) is -20.3. The lowest BCUT2D eigenvalue weighted by Crippen LogP contribution is -2.05. The molecule has 258 valence electrons. The van der Waals surface area contributed by atoms with Gasteiger partial charge in [-0.05, 0) is 60.1 Å². The van der Waals surface area contributed by atoms with Crippen LogP contribution in [0.3, 0.4) is 0 Å². The Bertz CT molecular complexity index is 2480. The highest BCUT2D eigenvalue weighted by Crippen LogP contribution is 2.42. The zero-order valence-corrected chi connectivity index (χ0v) is 28.7. The first-order valence-electron chi connectivity index (χ1n) is 13.9. The SMILES string of the molecule is CC(C)CCc1ccc(-c2nc3c(S(=O)(=O)O)c4oc(-c5ccc(C(C)C)c(S(=O)(=O)O)c5)nc4c(S(=O)(=O)O)c3o2)cc1S(=O)(=O)O. The van der Waals surface area contributed by atoms with Gasteiger partial charge in [0.2, 0.25) is 11.8 Å². The first-order valence-corrected chi connectivity index (χ1v) is 19.7. The van der Waals surface area contributed by atoms with E-state index in [0.29, 0.717) is 6.42 Å². The maximum Gasteiger partial charge on any atom is 0.300 e. The predicted octanol–water partition coefficient (Wildman–Crippen LogP) is 5.00. The molecule has 20 heteroatoms. The highest BCUT2D eigenvalue weighted by Gasteiger charge is 2.36. The Labute approximate surface area is 274 Å². The third kappa shape index (κ3) is 6.74. The Morgan fingerprint density at radius 3 is 1.46 bits per heavy atom. The molecule has 4 N–H and O–H groups in total. The van der Waals surface area contributed by atoms with Gasteiger partial charge in [-0.15, -0.1) is 0 Å². The molecule has 0 fully saturated rings. The Kier molecular flexibility index (Phi) is 8.87. The first-order chi connectivity index (χ1) is 22.0. The Hall–Kier alpha value is -3.76. The van der Waals surface area contributed by atoms with Crippen LogP contribution >= 0.6 is 0 Å². The molecule has 0 saturated carbocycles. The van der Waals surface area contributed by atoms with Crippen LogP contribution in [0.2, 0.25) is 0 Å². The van der Waals surface area contributed by atoms with Crippen LogP contribution in [0.4, 0.5) is 0 Å². The molecular formula is C28H28N2O14S4. The summed E-state index contributed by atoms with van der Waals surface area (Å²) in [6.45, 7) is 7.13. The lowest BCUT2D eigenvalue weighted by molar-refractivity contribution is 0.478. The summed E-state index contributed by atoms with van der Waals surface area (Å²) in [5.74, 6) is -1.35. The van der Waals surface area contributed by atoms with Gasteiger partial charge in [0.05, 0.1) is 9.79 Å². The number of fused-ring (bicyclic) bond motifs is 2. The molecule has 0 aliphatic rings. The van der Waals surface area contributed by atoms with E-state index in [4.69, 9.17) is 8.83 Å². The summed E-state index contributed by atoms with van der Waals surface area (Å²) in [6.07, 6.45) is 0.823. The number of hydrogen-bond donors (Lipinski definition) is 4. The molecule has 0 unspecified atom stereocenters. The topological polar surface area (TPSA) is 270 Å². The highest BCUT2D eigenvalue weighted by atomic mass is 32.2. The molecule has 2 heterocycles. The minimum absolute atomic E-state index is 0.164. The van der Waals surface area contributed by atoms with Gasteiger partial charge in [0, 0.05) is 11.1 Å². The fraction of sp³-hybridized carbons (Fsp3) is 0.286. The molecule has 5 rings (SSSR count).